The molecule has 0 aromatic heterocycles. The Morgan fingerprint density at radius 3 is 2.54 bits per heavy atom. The lowest BCUT2D eigenvalue weighted by Gasteiger charge is -2.25. The van der Waals surface area contributed by atoms with E-state index in [1.54, 1.807) is 11.1 Å². The van der Waals surface area contributed by atoms with Gasteiger partial charge in [-0.1, -0.05) is 89.3 Å². The van der Waals surface area contributed by atoms with E-state index in [0.29, 0.717) is 0 Å². The van der Waals surface area contributed by atoms with Crippen molar-refractivity contribution in [3.05, 3.63) is 83.3 Å². The number of aryl methyl sites for hydroxylation is 1. The number of fused-ring (bicyclic) bond motifs is 5. The predicted molar refractivity (Wildman–Crippen MR) is 127 cm³/mol. The molecule has 1 aliphatic carbocycles. The molecule has 0 fully saturated rings. The number of rotatable bonds is 1. The van der Waals surface area contributed by atoms with E-state index in [-0.39, 0.29) is 0 Å². The van der Waals surface area contributed by atoms with Crippen LogP contribution in [0, 0.1) is 0 Å². The lowest BCUT2D eigenvalue weighted by Crippen LogP contribution is -2.11. The Labute approximate surface area is 173 Å². The molecule has 0 N–H and O–H groups in total. The fraction of sp³-hybridized carbons (Fsp3) is 0.250. The van der Waals surface area contributed by atoms with Gasteiger partial charge < -0.3 is 0 Å². The van der Waals surface area contributed by atoms with Gasteiger partial charge in [0.25, 0.3) is 0 Å². The minimum Gasteiger partial charge on any atom is -0.130 e. The Hall–Kier alpha value is -1.26. The van der Waals surface area contributed by atoms with Gasteiger partial charge in [-0.05, 0) is 63.3 Å². The summed E-state index contributed by atoms with van der Waals surface area (Å²) in [4.78, 5) is 0. The summed E-state index contributed by atoms with van der Waals surface area (Å²) in [5, 5.41) is 7.75. The molecular formula is C24H23IS. The van der Waals surface area contributed by atoms with Crippen LogP contribution >= 0.6 is 34.4 Å². The quantitative estimate of drug-likeness (QED) is 0.200. The third-order valence-electron chi connectivity index (χ3n) is 5.29. The number of allylic oxidation sites excluding steroid dienone is 2. The maximum absolute atomic E-state index is 2.54. The smallest absolute Gasteiger partial charge is 0.0157 e. The Morgan fingerprint density at radius 2 is 1.81 bits per heavy atom. The van der Waals surface area contributed by atoms with E-state index >= 15 is 0 Å². The first-order chi connectivity index (χ1) is 12.9. The monoisotopic (exact) mass is 470 g/mol. The summed E-state index contributed by atoms with van der Waals surface area (Å²) in [6.45, 7) is 0. The molecule has 5 rings (SSSR count). The molecule has 26 heavy (non-hydrogen) atoms. The van der Waals surface area contributed by atoms with Gasteiger partial charge in [0.1, 0.15) is 0 Å². The zero-order chi connectivity index (χ0) is 17.8. The van der Waals surface area contributed by atoms with Crippen molar-refractivity contribution in [2.75, 3.05) is 10.2 Å². The van der Waals surface area contributed by atoms with Crippen LogP contribution in [0.3, 0.4) is 0 Å². The van der Waals surface area contributed by atoms with Crippen LogP contribution in [0.2, 0.25) is 0 Å². The second kappa shape index (κ2) is 8.62. The summed E-state index contributed by atoms with van der Waals surface area (Å²) < 4.78 is 1.24. The predicted octanol–water partition coefficient (Wildman–Crippen LogP) is 7.65. The van der Waals surface area contributed by atoms with E-state index in [1.165, 1.54) is 45.2 Å². The number of halogens is 1. The molecule has 2 aliphatic rings. The van der Waals surface area contributed by atoms with Gasteiger partial charge in [-0.25, -0.2) is 0 Å². The van der Waals surface area contributed by atoms with Crippen molar-refractivity contribution in [2.24, 2.45) is 0 Å². The van der Waals surface area contributed by atoms with E-state index in [1.807, 2.05) is 17.8 Å². The molecule has 1 heterocycles. The topological polar surface area (TPSA) is 0 Å². The maximum atomic E-state index is 2.54. The molecule has 3 aromatic rings. The number of alkyl halides is 1. The fourth-order valence-corrected chi connectivity index (χ4v) is 5.47. The first-order valence-corrected chi connectivity index (χ1v) is 11.9. The third-order valence-corrected chi connectivity index (χ3v) is 7.09. The Balaban J connectivity index is 0.000000240. The van der Waals surface area contributed by atoms with Crippen molar-refractivity contribution in [3.63, 3.8) is 0 Å². The summed E-state index contributed by atoms with van der Waals surface area (Å²) in [6.07, 6.45) is 10.2. The molecule has 1 atom stereocenters. The van der Waals surface area contributed by atoms with Gasteiger partial charge in [-0.15, -0.1) is 11.8 Å². The second-order valence-electron chi connectivity index (χ2n) is 6.85. The highest BCUT2D eigenvalue weighted by atomic mass is 127. The molecule has 0 amide bonds. The average Bonchev–Trinajstić information content (AvgIpc) is 2.74. The standard InChI is InChI=1S/C19H17I.C5H6S/c20-12-14-5-3-7-17-16(14)10-11-18-15-6-2-1-4-13(15)8-9-19(17)18;1-2-4-6-5-3-1/h1-2,4,6,8-11,14H,3,5,7,12H2;1-4H,5H2/t14-;/m0./s1. The largest absolute Gasteiger partial charge is 0.130 e. The van der Waals surface area contributed by atoms with Gasteiger partial charge in [0, 0.05) is 10.2 Å². The van der Waals surface area contributed by atoms with Crippen LogP contribution < -0.4 is 0 Å². The summed E-state index contributed by atoms with van der Waals surface area (Å²) in [7, 11) is 0. The van der Waals surface area contributed by atoms with Crippen molar-refractivity contribution in [2.45, 2.75) is 25.2 Å². The highest BCUT2D eigenvalue weighted by Gasteiger charge is 2.21. The summed E-state index contributed by atoms with van der Waals surface area (Å²) in [5.41, 5.74) is 3.22. The van der Waals surface area contributed by atoms with E-state index in [9.17, 15) is 0 Å². The highest BCUT2D eigenvalue weighted by Crippen LogP contribution is 2.38. The van der Waals surface area contributed by atoms with Crippen LogP contribution in [0.25, 0.3) is 21.5 Å². The van der Waals surface area contributed by atoms with Crippen molar-refractivity contribution in [1.29, 1.82) is 0 Å². The van der Waals surface area contributed by atoms with Crippen molar-refractivity contribution in [3.8, 4) is 0 Å². The van der Waals surface area contributed by atoms with Crippen molar-refractivity contribution < 1.29 is 0 Å². The van der Waals surface area contributed by atoms with Gasteiger partial charge in [0.05, 0.1) is 0 Å². The Kier molecular flexibility index (Phi) is 6.01. The number of benzene rings is 3. The van der Waals surface area contributed by atoms with Crippen LogP contribution in [0.1, 0.15) is 29.9 Å². The Morgan fingerprint density at radius 1 is 0.923 bits per heavy atom. The molecule has 3 aromatic carbocycles. The van der Waals surface area contributed by atoms with Gasteiger partial charge in [0.2, 0.25) is 0 Å². The first kappa shape index (κ1) is 18.1. The first-order valence-electron chi connectivity index (χ1n) is 9.31. The molecule has 0 radical (unpaired) electrons. The van der Waals surface area contributed by atoms with Gasteiger partial charge in [-0.2, -0.15) is 0 Å². The minimum atomic E-state index is 0.759. The summed E-state index contributed by atoms with van der Waals surface area (Å²) >= 11 is 4.37. The van der Waals surface area contributed by atoms with Crippen molar-refractivity contribution >= 4 is 55.9 Å². The number of hydrogen-bond donors (Lipinski definition) is 0. The molecule has 0 saturated heterocycles. The van der Waals surface area contributed by atoms with Crippen LogP contribution in [0.15, 0.2) is 72.2 Å². The van der Waals surface area contributed by atoms with Crippen LogP contribution in [-0.4, -0.2) is 10.2 Å². The van der Waals surface area contributed by atoms with Crippen LogP contribution in [0.5, 0.6) is 0 Å². The molecule has 0 nitrogen and oxygen atoms in total. The molecule has 1 aliphatic heterocycles. The molecule has 132 valence electrons. The van der Waals surface area contributed by atoms with E-state index < -0.39 is 0 Å². The van der Waals surface area contributed by atoms with E-state index in [2.05, 4.69) is 88.7 Å². The minimum absolute atomic E-state index is 0.759. The molecular weight excluding hydrogens is 447 g/mol. The molecule has 0 unspecified atom stereocenters. The van der Waals surface area contributed by atoms with Gasteiger partial charge in [-0.3, -0.25) is 0 Å². The summed E-state index contributed by atoms with van der Waals surface area (Å²) in [5.74, 6) is 1.91. The van der Waals surface area contributed by atoms with Gasteiger partial charge in [0.15, 0.2) is 0 Å². The molecule has 0 saturated carbocycles. The SMILES string of the molecule is C1=CCSC=C1.IC[C@@H]1CCCc2c1ccc1c2ccc2ccccc21. The fourth-order valence-electron chi connectivity index (χ4n) is 4.02. The number of thioether (sulfide) groups is 1. The lowest BCUT2D eigenvalue weighted by molar-refractivity contribution is 0.605. The van der Waals surface area contributed by atoms with Crippen LogP contribution in [0.4, 0.5) is 0 Å². The van der Waals surface area contributed by atoms with Crippen LogP contribution in [-0.2, 0) is 6.42 Å². The third kappa shape index (κ3) is 3.72. The molecule has 0 bridgehead atoms. The average molecular weight is 470 g/mol. The maximum Gasteiger partial charge on any atom is 0.0157 e. The molecule has 0 spiro atoms. The van der Waals surface area contributed by atoms with Crippen molar-refractivity contribution in [1.82, 2.24) is 0 Å². The zero-order valence-corrected chi connectivity index (χ0v) is 17.8. The second-order valence-corrected chi connectivity index (χ2v) is 8.67. The number of hydrogen-bond acceptors (Lipinski definition) is 1. The Bertz CT molecular complexity index is 959. The van der Waals surface area contributed by atoms with Gasteiger partial charge >= 0.3 is 0 Å². The zero-order valence-electron chi connectivity index (χ0n) is 14.8. The van der Waals surface area contributed by atoms with E-state index in [0.717, 1.165) is 11.7 Å². The summed E-state index contributed by atoms with van der Waals surface area (Å²) in [6, 6.07) is 18.1. The normalized spacial score (nSPS) is 18.4. The lowest BCUT2D eigenvalue weighted by atomic mass is 9.81. The van der Waals surface area contributed by atoms with E-state index in [4.69, 9.17) is 0 Å². The molecule has 2 heteroatoms. The highest BCUT2D eigenvalue weighted by molar-refractivity contribution is 14.1.